The van der Waals surface area contributed by atoms with Crippen molar-refractivity contribution in [2.75, 3.05) is 6.54 Å². The van der Waals surface area contributed by atoms with E-state index in [2.05, 4.69) is 4.98 Å². The predicted molar refractivity (Wildman–Crippen MR) is 66.6 cm³/mol. The van der Waals surface area contributed by atoms with Gasteiger partial charge in [0.25, 0.3) is 0 Å². The van der Waals surface area contributed by atoms with Crippen molar-refractivity contribution in [2.24, 2.45) is 5.73 Å². The molecule has 0 spiro atoms. The van der Waals surface area contributed by atoms with Crippen LogP contribution in [0.25, 0.3) is 10.2 Å². The van der Waals surface area contributed by atoms with E-state index < -0.39 is 0 Å². The third-order valence-corrected chi connectivity index (χ3v) is 3.38. The zero-order valence-electron chi connectivity index (χ0n) is 8.98. The number of benzene rings is 1. The van der Waals surface area contributed by atoms with Crippen molar-refractivity contribution in [3.8, 4) is 0 Å². The highest BCUT2D eigenvalue weighted by Gasteiger charge is 2.08. The molecule has 0 bridgehead atoms. The second-order valence-corrected chi connectivity index (χ2v) is 4.80. The SMILES string of the molecule is NCCCC(=O)Cc1nc2ccccc2s1. The van der Waals surface area contributed by atoms with Gasteiger partial charge in [-0.1, -0.05) is 12.1 Å². The Labute approximate surface area is 98.3 Å². The Hall–Kier alpha value is -1.26. The highest BCUT2D eigenvalue weighted by Crippen LogP contribution is 2.22. The molecule has 1 aromatic carbocycles. The quantitative estimate of drug-likeness (QED) is 0.862. The minimum atomic E-state index is 0.226. The summed E-state index contributed by atoms with van der Waals surface area (Å²) in [7, 11) is 0. The molecule has 3 nitrogen and oxygen atoms in total. The van der Waals surface area contributed by atoms with Crippen molar-refractivity contribution in [3.63, 3.8) is 0 Å². The van der Waals surface area contributed by atoms with Gasteiger partial charge in [0.1, 0.15) is 10.8 Å². The van der Waals surface area contributed by atoms with E-state index >= 15 is 0 Å². The molecule has 0 saturated carbocycles. The molecule has 0 amide bonds. The van der Waals surface area contributed by atoms with Crippen LogP contribution in [-0.2, 0) is 11.2 Å². The Balaban J connectivity index is 2.07. The number of carbonyl (C=O) groups is 1. The molecule has 0 aliphatic heterocycles. The average molecular weight is 234 g/mol. The van der Waals surface area contributed by atoms with Crippen LogP contribution in [0.15, 0.2) is 24.3 Å². The minimum Gasteiger partial charge on any atom is -0.330 e. The number of Topliss-reactive ketones (excluding diaryl/α,β-unsaturated/α-hetero) is 1. The summed E-state index contributed by atoms with van der Waals surface area (Å²) < 4.78 is 1.14. The summed E-state index contributed by atoms with van der Waals surface area (Å²) in [6.45, 7) is 0.575. The van der Waals surface area contributed by atoms with E-state index in [9.17, 15) is 4.79 Å². The molecule has 0 atom stereocenters. The molecule has 2 rings (SSSR count). The van der Waals surface area contributed by atoms with Gasteiger partial charge in [-0.25, -0.2) is 4.98 Å². The lowest BCUT2D eigenvalue weighted by molar-refractivity contribution is -0.118. The van der Waals surface area contributed by atoms with Gasteiger partial charge in [-0.05, 0) is 25.1 Å². The van der Waals surface area contributed by atoms with Crippen molar-refractivity contribution in [2.45, 2.75) is 19.3 Å². The van der Waals surface area contributed by atoms with Crippen LogP contribution in [0.1, 0.15) is 17.8 Å². The first-order valence-corrected chi connectivity index (χ1v) is 6.17. The minimum absolute atomic E-state index is 0.226. The molecule has 0 unspecified atom stereocenters. The Morgan fingerprint density at radius 2 is 2.19 bits per heavy atom. The summed E-state index contributed by atoms with van der Waals surface area (Å²) in [5.74, 6) is 0.226. The lowest BCUT2D eigenvalue weighted by Crippen LogP contribution is -2.06. The topological polar surface area (TPSA) is 56.0 Å². The van der Waals surface area contributed by atoms with Crippen molar-refractivity contribution >= 4 is 27.3 Å². The van der Waals surface area contributed by atoms with Crippen LogP contribution in [0.4, 0.5) is 0 Å². The van der Waals surface area contributed by atoms with E-state index in [-0.39, 0.29) is 5.78 Å². The molecular formula is C12H14N2OS. The van der Waals surface area contributed by atoms with Gasteiger partial charge >= 0.3 is 0 Å². The van der Waals surface area contributed by atoms with Crippen LogP contribution in [-0.4, -0.2) is 17.3 Å². The number of hydrogen-bond acceptors (Lipinski definition) is 4. The van der Waals surface area contributed by atoms with E-state index in [0.29, 0.717) is 19.4 Å². The lowest BCUT2D eigenvalue weighted by atomic mass is 10.2. The molecule has 0 fully saturated rings. The zero-order valence-corrected chi connectivity index (χ0v) is 9.80. The fourth-order valence-corrected chi connectivity index (χ4v) is 2.55. The summed E-state index contributed by atoms with van der Waals surface area (Å²) in [6.07, 6.45) is 1.77. The monoisotopic (exact) mass is 234 g/mol. The Kier molecular flexibility index (Phi) is 3.64. The molecule has 0 radical (unpaired) electrons. The second kappa shape index (κ2) is 5.18. The number of para-hydroxylation sites is 1. The van der Waals surface area contributed by atoms with Crippen LogP contribution in [0.5, 0.6) is 0 Å². The van der Waals surface area contributed by atoms with Gasteiger partial charge in [0.05, 0.1) is 16.6 Å². The maximum atomic E-state index is 11.6. The number of carbonyl (C=O) groups excluding carboxylic acids is 1. The third kappa shape index (κ3) is 2.65. The molecule has 84 valence electrons. The standard InChI is InChI=1S/C12H14N2OS/c13-7-3-4-9(15)8-12-14-10-5-1-2-6-11(10)16-12/h1-2,5-6H,3-4,7-8,13H2. The fraction of sp³-hybridized carbons (Fsp3) is 0.333. The highest BCUT2D eigenvalue weighted by molar-refractivity contribution is 7.18. The molecule has 1 aromatic heterocycles. The largest absolute Gasteiger partial charge is 0.330 e. The van der Waals surface area contributed by atoms with Crippen molar-refractivity contribution in [3.05, 3.63) is 29.3 Å². The van der Waals surface area contributed by atoms with E-state index in [1.807, 2.05) is 24.3 Å². The van der Waals surface area contributed by atoms with Crippen LogP contribution < -0.4 is 5.73 Å². The molecule has 0 saturated heterocycles. The Bertz CT molecular complexity index is 459. The average Bonchev–Trinajstić information content (AvgIpc) is 2.68. The van der Waals surface area contributed by atoms with Crippen molar-refractivity contribution in [1.29, 1.82) is 0 Å². The molecule has 2 N–H and O–H groups in total. The fourth-order valence-electron chi connectivity index (χ4n) is 1.55. The number of fused-ring (bicyclic) bond motifs is 1. The van der Waals surface area contributed by atoms with E-state index in [1.54, 1.807) is 11.3 Å². The second-order valence-electron chi connectivity index (χ2n) is 3.68. The maximum absolute atomic E-state index is 11.6. The summed E-state index contributed by atoms with van der Waals surface area (Å²) in [6, 6.07) is 7.95. The number of nitrogens with two attached hydrogens (primary N) is 1. The van der Waals surface area contributed by atoms with Crippen LogP contribution in [0.2, 0.25) is 0 Å². The molecule has 0 aliphatic carbocycles. The normalized spacial score (nSPS) is 10.8. The molecular weight excluding hydrogens is 220 g/mol. The summed E-state index contributed by atoms with van der Waals surface area (Å²) in [5, 5.41) is 0.906. The Morgan fingerprint density at radius 3 is 2.94 bits per heavy atom. The summed E-state index contributed by atoms with van der Waals surface area (Å²) in [4.78, 5) is 16.0. The first kappa shape index (κ1) is 11.2. The number of ketones is 1. The van der Waals surface area contributed by atoms with E-state index in [1.165, 1.54) is 0 Å². The van der Waals surface area contributed by atoms with Crippen molar-refractivity contribution in [1.82, 2.24) is 4.98 Å². The molecule has 2 aromatic rings. The maximum Gasteiger partial charge on any atom is 0.139 e. The number of rotatable bonds is 5. The van der Waals surface area contributed by atoms with Gasteiger partial charge in [0, 0.05) is 6.42 Å². The molecule has 1 heterocycles. The molecule has 16 heavy (non-hydrogen) atoms. The lowest BCUT2D eigenvalue weighted by Gasteiger charge is -1.95. The highest BCUT2D eigenvalue weighted by atomic mass is 32.1. The smallest absolute Gasteiger partial charge is 0.139 e. The summed E-state index contributed by atoms with van der Waals surface area (Å²) in [5.41, 5.74) is 6.35. The number of nitrogens with zero attached hydrogens (tertiary/aromatic N) is 1. The van der Waals surface area contributed by atoms with Crippen molar-refractivity contribution < 1.29 is 4.79 Å². The van der Waals surface area contributed by atoms with E-state index in [0.717, 1.165) is 21.6 Å². The zero-order chi connectivity index (χ0) is 11.4. The van der Waals surface area contributed by atoms with Crippen LogP contribution in [0, 0.1) is 0 Å². The Morgan fingerprint density at radius 1 is 1.38 bits per heavy atom. The predicted octanol–water partition coefficient (Wildman–Crippen LogP) is 2.15. The number of hydrogen-bond donors (Lipinski definition) is 1. The first-order chi connectivity index (χ1) is 7.79. The van der Waals surface area contributed by atoms with Crippen LogP contribution >= 0.6 is 11.3 Å². The van der Waals surface area contributed by atoms with Gasteiger partial charge < -0.3 is 5.73 Å². The van der Waals surface area contributed by atoms with Gasteiger partial charge in [0.15, 0.2) is 0 Å². The first-order valence-electron chi connectivity index (χ1n) is 5.36. The molecule has 0 aliphatic rings. The summed E-state index contributed by atoms with van der Waals surface area (Å²) >= 11 is 1.60. The van der Waals surface area contributed by atoms with Gasteiger partial charge in [0.2, 0.25) is 0 Å². The van der Waals surface area contributed by atoms with Gasteiger partial charge in [-0.15, -0.1) is 11.3 Å². The van der Waals surface area contributed by atoms with Gasteiger partial charge in [-0.3, -0.25) is 4.79 Å². The van der Waals surface area contributed by atoms with Gasteiger partial charge in [-0.2, -0.15) is 0 Å². The molecule has 4 heteroatoms. The van der Waals surface area contributed by atoms with Crippen LogP contribution in [0.3, 0.4) is 0 Å². The number of thiazole rings is 1. The number of aromatic nitrogens is 1. The third-order valence-electron chi connectivity index (χ3n) is 2.35. The van der Waals surface area contributed by atoms with E-state index in [4.69, 9.17) is 5.73 Å².